The van der Waals surface area contributed by atoms with Crippen LogP contribution in [0.3, 0.4) is 0 Å². The number of carbonyl (C=O) groups is 1. The molecule has 2 amide bonds. The number of hydrogen-bond donors (Lipinski definition) is 2. The van der Waals surface area contributed by atoms with Crippen LogP contribution in [-0.4, -0.2) is 64.6 Å². The quantitative estimate of drug-likeness (QED) is 0.684. The average molecular weight is 441 g/mol. The van der Waals surface area contributed by atoms with Gasteiger partial charge >= 0.3 is 6.03 Å². The van der Waals surface area contributed by atoms with Crippen LogP contribution in [0.15, 0.2) is 34.2 Å². The summed E-state index contributed by atoms with van der Waals surface area (Å²) in [5, 5.41) is 6.15. The Morgan fingerprint density at radius 2 is 2.07 bits per heavy atom. The fourth-order valence-electron chi connectivity index (χ4n) is 3.55. The Bertz CT molecular complexity index is 937. The highest BCUT2D eigenvalue weighted by atomic mass is 35.5. The molecule has 0 unspecified atom stereocenters. The molecular formula is C19H25ClN4O4S. The third-order valence-electron chi connectivity index (χ3n) is 4.95. The zero-order chi connectivity index (χ0) is 21.0. The SMILES string of the molecule is COCCNC(=O)NC1CCN(C2=NS(=O)(=O)C(c3cccc(Cl)c3)=C2C)CC1. The predicted octanol–water partition coefficient (Wildman–Crippen LogP) is 2.22. The number of nitrogens with one attached hydrogen (secondary N) is 2. The summed E-state index contributed by atoms with van der Waals surface area (Å²) in [6.45, 7) is 3.90. The molecule has 0 saturated carbocycles. The van der Waals surface area contributed by atoms with Crippen LogP contribution in [0, 0.1) is 0 Å². The highest BCUT2D eigenvalue weighted by molar-refractivity contribution is 8.00. The van der Waals surface area contributed by atoms with Gasteiger partial charge in [-0.2, -0.15) is 8.42 Å². The molecule has 0 aliphatic carbocycles. The molecule has 0 aromatic heterocycles. The van der Waals surface area contributed by atoms with E-state index < -0.39 is 10.0 Å². The number of nitrogens with zero attached hydrogens (tertiary/aromatic N) is 2. The fraction of sp³-hybridized carbons (Fsp3) is 0.474. The Kier molecular flexibility index (Phi) is 6.81. The molecule has 29 heavy (non-hydrogen) atoms. The molecule has 10 heteroatoms. The number of amides is 2. The zero-order valence-electron chi connectivity index (χ0n) is 16.4. The second-order valence-electron chi connectivity index (χ2n) is 7.01. The van der Waals surface area contributed by atoms with Gasteiger partial charge in [-0.3, -0.25) is 0 Å². The number of carbonyl (C=O) groups excluding carboxylic acids is 1. The number of halogens is 1. The van der Waals surface area contributed by atoms with Gasteiger partial charge in [0.2, 0.25) is 0 Å². The minimum atomic E-state index is -3.77. The number of benzene rings is 1. The number of hydrogen-bond acceptors (Lipinski definition) is 5. The molecule has 158 valence electrons. The maximum absolute atomic E-state index is 12.7. The van der Waals surface area contributed by atoms with Gasteiger partial charge in [-0.15, -0.1) is 4.40 Å². The van der Waals surface area contributed by atoms with Gasteiger partial charge in [-0.1, -0.05) is 23.7 Å². The van der Waals surface area contributed by atoms with Crippen LogP contribution in [0.1, 0.15) is 25.3 Å². The van der Waals surface area contributed by atoms with E-state index in [0.717, 1.165) is 0 Å². The maximum atomic E-state index is 12.7. The van der Waals surface area contributed by atoms with E-state index in [0.29, 0.717) is 61.1 Å². The zero-order valence-corrected chi connectivity index (χ0v) is 18.0. The summed E-state index contributed by atoms with van der Waals surface area (Å²) in [5.41, 5.74) is 1.16. The molecular weight excluding hydrogens is 416 g/mol. The number of rotatable bonds is 5. The van der Waals surface area contributed by atoms with E-state index in [-0.39, 0.29) is 17.0 Å². The van der Waals surface area contributed by atoms with Gasteiger partial charge in [0.15, 0.2) is 0 Å². The van der Waals surface area contributed by atoms with Crippen LogP contribution >= 0.6 is 11.6 Å². The molecule has 1 fully saturated rings. The molecule has 2 N–H and O–H groups in total. The summed E-state index contributed by atoms with van der Waals surface area (Å²) < 4.78 is 34.3. The van der Waals surface area contributed by atoms with Crippen molar-refractivity contribution in [2.75, 3.05) is 33.4 Å². The van der Waals surface area contributed by atoms with E-state index in [1.54, 1.807) is 38.3 Å². The standard InChI is InChI=1S/C19H25ClN4O4S/c1-13-17(14-4-3-5-15(20)12-14)29(26,27)23-18(13)24-9-6-16(7-10-24)22-19(25)21-8-11-28-2/h3-5,12,16H,6-11H2,1-2H3,(H2,21,22,25). The van der Waals surface area contributed by atoms with E-state index in [1.165, 1.54) is 0 Å². The Hall–Kier alpha value is -2.10. The Morgan fingerprint density at radius 1 is 1.34 bits per heavy atom. The van der Waals surface area contributed by atoms with Gasteiger partial charge < -0.3 is 20.3 Å². The van der Waals surface area contributed by atoms with Crippen molar-refractivity contribution in [1.29, 1.82) is 0 Å². The number of urea groups is 1. The number of methoxy groups -OCH3 is 1. The first-order valence-corrected chi connectivity index (χ1v) is 11.2. The summed E-state index contributed by atoms with van der Waals surface area (Å²) in [4.78, 5) is 14.0. The molecule has 2 aliphatic rings. The Morgan fingerprint density at radius 3 is 2.72 bits per heavy atom. The van der Waals surface area contributed by atoms with Crippen molar-refractivity contribution in [2.45, 2.75) is 25.8 Å². The second kappa shape index (κ2) is 9.15. The van der Waals surface area contributed by atoms with Crippen LogP contribution in [0.2, 0.25) is 5.02 Å². The van der Waals surface area contributed by atoms with E-state index in [1.807, 2.05) is 4.90 Å². The number of amidine groups is 1. The van der Waals surface area contributed by atoms with Crippen LogP contribution in [0.25, 0.3) is 4.91 Å². The molecule has 0 radical (unpaired) electrons. The summed E-state index contributed by atoms with van der Waals surface area (Å²) >= 11 is 6.03. The fourth-order valence-corrected chi connectivity index (χ4v) is 5.22. The van der Waals surface area contributed by atoms with Crippen LogP contribution in [-0.2, 0) is 14.8 Å². The third-order valence-corrected chi connectivity index (χ3v) is 6.66. The highest BCUT2D eigenvalue weighted by Gasteiger charge is 2.35. The molecule has 2 aliphatic heterocycles. The van der Waals surface area contributed by atoms with E-state index in [9.17, 15) is 13.2 Å². The van der Waals surface area contributed by atoms with Crippen molar-refractivity contribution in [2.24, 2.45) is 4.40 Å². The second-order valence-corrected chi connectivity index (χ2v) is 8.99. The van der Waals surface area contributed by atoms with E-state index in [2.05, 4.69) is 15.0 Å². The molecule has 1 aromatic carbocycles. The first kappa shape index (κ1) is 21.6. The van der Waals surface area contributed by atoms with Crippen LogP contribution in [0.5, 0.6) is 0 Å². The Labute approximate surface area is 176 Å². The third kappa shape index (κ3) is 5.09. The average Bonchev–Trinajstić information content (AvgIpc) is 2.91. The van der Waals surface area contributed by atoms with Gasteiger partial charge in [0.1, 0.15) is 10.7 Å². The van der Waals surface area contributed by atoms with Gasteiger partial charge in [-0.25, -0.2) is 4.79 Å². The minimum absolute atomic E-state index is 0.0316. The van der Waals surface area contributed by atoms with Gasteiger partial charge in [0.25, 0.3) is 10.0 Å². The first-order valence-electron chi connectivity index (χ1n) is 9.42. The Balaban J connectivity index is 1.66. The monoisotopic (exact) mass is 440 g/mol. The highest BCUT2D eigenvalue weighted by Crippen LogP contribution is 2.35. The number of likely N-dealkylation sites (tertiary alicyclic amines) is 1. The molecule has 0 atom stereocenters. The van der Waals surface area contributed by atoms with Crippen molar-refractivity contribution < 1.29 is 17.9 Å². The van der Waals surface area contributed by atoms with Gasteiger partial charge in [-0.05, 0) is 37.5 Å². The lowest BCUT2D eigenvalue weighted by molar-refractivity contribution is 0.193. The van der Waals surface area contributed by atoms with Gasteiger partial charge in [0.05, 0.1) is 6.61 Å². The topological polar surface area (TPSA) is 100 Å². The number of piperidine rings is 1. The minimum Gasteiger partial charge on any atom is -0.383 e. The number of sulfonamides is 1. The first-order chi connectivity index (χ1) is 13.8. The van der Waals surface area contributed by atoms with Crippen molar-refractivity contribution in [3.05, 3.63) is 40.4 Å². The molecule has 0 spiro atoms. The summed E-state index contributed by atoms with van der Waals surface area (Å²) in [6, 6.07) is 6.59. The molecule has 2 heterocycles. The molecule has 8 nitrogen and oxygen atoms in total. The van der Waals surface area contributed by atoms with Crippen LogP contribution in [0.4, 0.5) is 4.79 Å². The molecule has 3 rings (SSSR count). The van der Waals surface area contributed by atoms with Crippen molar-refractivity contribution in [1.82, 2.24) is 15.5 Å². The van der Waals surface area contributed by atoms with Crippen LogP contribution < -0.4 is 10.6 Å². The molecule has 1 aromatic rings. The van der Waals surface area contributed by atoms with Crippen molar-refractivity contribution in [3.8, 4) is 0 Å². The normalized spacial score (nSPS) is 19.3. The van der Waals surface area contributed by atoms with Crippen molar-refractivity contribution >= 4 is 38.4 Å². The largest absolute Gasteiger partial charge is 0.383 e. The molecule has 0 bridgehead atoms. The van der Waals surface area contributed by atoms with E-state index in [4.69, 9.17) is 16.3 Å². The summed E-state index contributed by atoms with van der Waals surface area (Å²) in [6.07, 6.45) is 1.41. The smallest absolute Gasteiger partial charge is 0.315 e. The van der Waals surface area contributed by atoms with Crippen molar-refractivity contribution in [3.63, 3.8) is 0 Å². The lowest BCUT2D eigenvalue weighted by Gasteiger charge is -2.33. The molecule has 1 saturated heterocycles. The number of ether oxygens (including phenoxy) is 1. The van der Waals surface area contributed by atoms with E-state index >= 15 is 0 Å². The maximum Gasteiger partial charge on any atom is 0.315 e. The summed E-state index contributed by atoms with van der Waals surface area (Å²) in [7, 11) is -2.20. The summed E-state index contributed by atoms with van der Waals surface area (Å²) in [5.74, 6) is 0.475. The van der Waals surface area contributed by atoms with Gasteiger partial charge in [0, 0.05) is 43.4 Å². The predicted molar refractivity (Wildman–Crippen MR) is 113 cm³/mol. The lowest BCUT2D eigenvalue weighted by Crippen LogP contribution is -2.49. The lowest BCUT2D eigenvalue weighted by atomic mass is 10.0.